The number of carboxylic acid groups (broad SMARTS) is 1. The van der Waals surface area contributed by atoms with E-state index in [1.54, 1.807) is 0 Å². The molecule has 5 heteroatoms. The molecule has 1 aromatic rings. The lowest BCUT2D eigenvalue weighted by Gasteiger charge is -2.34. The van der Waals surface area contributed by atoms with Crippen LogP contribution < -0.4 is 5.32 Å². The number of aliphatic carboxylic acids is 1. The van der Waals surface area contributed by atoms with Gasteiger partial charge in [-0.25, -0.2) is 0 Å². The summed E-state index contributed by atoms with van der Waals surface area (Å²) in [7, 11) is 0. The van der Waals surface area contributed by atoms with E-state index in [1.807, 2.05) is 24.3 Å². The van der Waals surface area contributed by atoms with E-state index in [9.17, 15) is 9.59 Å². The van der Waals surface area contributed by atoms with Gasteiger partial charge in [0.25, 0.3) is 0 Å². The Morgan fingerprint density at radius 2 is 1.90 bits per heavy atom. The smallest absolute Gasteiger partial charge is 0.303 e. The molecule has 0 heterocycles. The van der Waals surface area contributed by atoms with Crippen LogP contribution in [0.25, 0.3) is 0 Å². The highest BCUT2D eigenvalue weighted by Crippen LogP contribution is 2.30. The highest BCUT2D eigenvalue weighted by Gasteiger charge is 2.31. The van der Waals surface area contributed by atoms with Gasteiger partial charge >= 0.3 is 5.97 Å². The van der Waals surface area contributed by atoms with E-state index in [1.165, 1.54) is 5.56 Å². The first-order valence-corrected chi connectivity index (χ1v) is 7.66. The van der Waals surface area contributed by atoms with Gasteiger partial charge in [0.15, 0.2) is 0 Å². The van der Waals surface area contributed by atoms with Gasteiger partial charge in [0.2, 0.25) is 5.91 Å². The number of benzene rings is 1. The zero-order valence-corrected chi connectivity index (χ0v) is 12.6. The van der Waals surface area contributed by atoms with Crippen molar-refractivity contribution in [3.8, 4) is 0 Å². The number of nitrogens with one attached hydrogen (secondary N) is 1. The zero-order valence-electron chi connectivity index (χ0n) is 11.8. The molecule has 0 saturated heterocycles. The lowest BCUT2D eigenvalue weighted by molar-refractivity contribution is -0.138. The molecule has 114 valence electrons. The first-order valence-electron chi connectivity index (χ1n) is 7.28. The molecule has 0 atom stereocenters. The molecule has 1 aliphatic carbocycles. The molecule has 2 rings (SSSR count). The number of aryl methyl sites for hydroxylation is 1. The van der Waals surface area contributed by atoms with Crippen molar-refractivity contribution in [2.45, 2.75) is 44.6 Å². The Morgan fingerprint density at radius 3 is 2.52 bits per heavy atom. The monoisotopic (exact) mass is 309 g/mol. The van der Waals surface area contributed by atoms with Gasteiger partial charge in [-0.1, -0.05) is 23.7 Å². The van der Waals surface area contributed by atoms with Crippen molar-refractivity contribution in [1.82, 2.24) is 5.32 Å². The summed E-state index contributed by atoms with van der Waals surface area (Å²) in [6, 6.07) is 7.82. The minimum absolute atomic E-state index is 0.0581. The normalized spacial score (nSPS) is 20.6. The largest absolute Gasteiger partial charge is 0.481 e. The third-order valence-electron chi connectivity index (χ3n) is 3.85. The average molecular weight is 310 g/mol. The standard InChI is InChI=1S/C16H20ClNO3/c17-13-6-4-11(5-7-13)2-1-3-15(19)18-14-8-12(9-14)10-16(20)21/h4-7,12,14H,1-3,8-10H2,(H,18,19)(H,20,21). The van der Waals surface area contributed by atoms with Crippen LogP contribution in [0, 0.1) is 5.92 Å². The van der Waals surface area contributed by atoms with Crippen molar-refractivity contribution in [3.63, 3.8) is 0 Å². The third-order valence-corrected chi connectivity index (χ3v) is 4.10. The minimum atomic E-state index is -0.757. The number of halogens is 1. The van der Waals surface area contributed by atoms with Crippen molar-refractivity contribution >= 4 is 23.5 Å². The molecule has 0 bridgehead atoms. The number of hydrogen-bond donors (Lipinski definition) is 2. The Balaban J connectivity index is 1.58. The number of hydrogen-bond acceptors (Lipinski definition) is 2. The molecule has 0 aliphatic heterocycles. The molecule has 1 aliphatic rings. The van der Waals surface area contributed by atoms with Crippen molar-refractivity contribution in [1.29, 1.82) is 0 Å². The molecule has 2 N–H and O–H groups in total. The fourth-order valence-electron chi connectivity index (χ4n) is 2.67. The summed E-state index contributed by atoms with van der Waals surface area (Å²) in [5.74, 6) is -0.475. The van der Waals surface area contributed by atoms with Gasteiger partial charge < -0.3 is 10.4 Å². The number of carbonyl (C=O) groups is 2. The first kappa shape index (κ1) is 15.8. The quantitative estimate of drug-likeness (QED) is 0.813. The Morgan fingerprint density at radius 1 is 1.24 bits per heavy atom. The van der Waals surface area contributed by atoms with Gasteiger partial charge in [-0.15, -0.1) is 0 Å². The van der Waals surface area contributed by atoms with Crippen molar-refractivity contribution in [3.05, 3.63) is 34.9 Å². The summed E-state index contributed by atoms with van der Waals surface area (Å²) in [4.78, 5) is 22.3. The second-order valence-electron chi connectivity index (χ2n) is 5.68. The maximum absolute atomic E-state index is 11.8. The highest BCUT2D eigenvalue weighted by atomic mass is 35.5. The van der Waals surface area contributed by atoms with Crippen LogP contribution in [-0.2, 0) is 16.0 Å². The van der Waals surface area contributed by atoms with Gasteiger partial charge in [0.1, 0.15) is 0 Å². The van der Waals surface area contributed by atoms with E-state index in [0.717, 1.165) is 30.7 Å². The van der Waals surface area contributed by atoms with E-state index >= 15 is 0 Å². The van der Waals surface area contributed by atoms with E-state index < -0.39 is 5.97 Å². The summed E-state index contributed by atoms with van der Waals surface area (Å²) in [6.07, 6.45) is 3.95. The average Bonchev–Trinajstić information content (AvgIpc) is 2.38. The van der Waals surface area contributed by atoms with E-state index in [-0.39, 0.29) is 24.3 Å². The topological polar surface area (TPSA) is 66.4 Å². The van der Waals surface area contributed by atoms with Crippen LogP contribution in [0.4, 0.5) is 0 Å². The predicted molar refractivity (Wildman–Crippen MR) is 81.3 cm³/mol. The lowest BCUT2D eigenvalue weighted by atomic mass is 9.78. The molecule has 0 spiro atoms. The van der Waals surface area contributed by atoms with Crippen LogP contribution in [0.1, 0.15) is 37.7 Å². The van der Waals surface area contributed by atoms with Crippen LogP contribution in [0.3, 0.4) is 0 Å². The number of carbonyl (C=O) groups excluding carboxylic acids is 1. The molecule has 1 amide bonds. The second kappa shape index (κ2) is 7.46. The Bertz CT molecular complexity index is 495. The fourth-order valence-corrected chi connectivity index (χ4v) is 2.80. The van der Waals surface area contributed by atoms with Crippen molar-refractivity contribution < 1.29 is 14.7 Å². The summed E-state index contributed by atoms with van der Waals surface area (Å²) < 4.78 is 0. The van der Waals surface area contributed by atoms with Crippen molar-refractivity contribution in [2.24, 2.45) is 5.92 Å². The summed E-state index contributed by atoms with van der Waals surface area (Å²) in [6.45, 7) is 0. The minimum Gasteiger partial charge on any atom is -0.481 e. The third kappa shape index (κ3) is 5.38. The first-order chi connectivity index (χ1) is 10.0. The second-order valence-corrected chi connectivity index (χ2v) is 6.12. The van der Waals surface area contributed by atoms with Crippen LogP contribution in [0.15, 0.2) is 24.3 Å². The number of rotatable bonds is 7. The summed E-state index contributed by atoms with van der Waals surface area (Å²) in [5, 5.41) is 12.3. The zero-order chi connectivity index (χ0) is 15.2. The molecule has 21 heavy (non-hydrogen) atoms. The fraction of sp³-hybridized carbons (Fsp3) is 0.500. The molecular weight excluding hydrogens is 290 g/mol. The predicted octanol–water partition coefficient (Wildman–Crippen LogP) is 3.03. The van der Waals surface area contributed by atoms with Gasteiger partial charge in [-0.2, -0.15) is 0 Å². The maximum Gasteiger partial charge on any atom is 0.303 e. The van der Waals surface area contributed by atoms with Crippen LogP contribution in [-0.4, -0.2) is 23.0 Å². The molecule has 0 radical (unpaired) electrons. The molecule has 1 saturated carbocycles. The van der Waals surface area contributed by atoms with Crippen LogP contribution >= 0.6 is 11.6 Å². The number of amides is 1. The molecular formula is C16H20ClNO3. The van der Waals surface area contributed by atoms with Crippen LogP contribution in [0.5, 0.6) is 0 Å². The molecule has 1 fully saturated rings. The van der Waals surface area contributed by atoms with Gasteiger partial charge in [-0.3, -0.25) is 9.59 Å². The molecule has 0 aromatic heterocycles. The Kier molecular flexibility index (Phi) is 5.62. The number of carboxylic acids is 1. The van der Waals surface area contributed by atoms with Crippen molar-refractivity contribution in [2.75, 3.05) is 0 Å². The van der Waals surface area contributed by atoms with Gasteiger partial charge in [0, 0.05) is 23.9 Å². The van der Waals surface area contributed by atoms with Gasteiger partial charge in [0.05, 0.1) is 0 Å². The molecule has 1 aromatic carbocycles. The van der Waals surface area contributed by atoms with E-state index in [4.69, 9.17) is 16.7 Å². The SMILES string of the molecule is O=C(O)CC1CC(NC(=O)CCCc2ccc(Cl)cc2)C1. The summed E-state index contributed by atoms with van der Waals surface area (Å²) >= 11 is 5.82. The molecule has 0 unspecified atom stereocenters. The van der Waals surface area contributed by atoms with Gasteiger partial charge in [-0.05, 0) is 49.3 Å². The Labute approximate surface area is 129 Å². The maximum atomic E-state index is 11.8. The molecule has 4 nitrogen and oxygen atoms in total. The highest BCUT2D eigenvalue weighted by molar-refractivity contribution is 6.30. The van der Waals surface area contributed by atoms with E-state index in [0.29, 0.717) is 6.42 Å². The lowest BCUT2D eigenvalue weighted by Crippen LogP contribution is -2.44. The van der Waals surface area contributed by atoms with E-state index in [2.05, 4.69) is 5.32 Å². The van der Waals surface area contributed by atoms with Crippen LogP contribution in [0.2, 0.25) is 5.02 Å². The Hall–Kier alpha value is -1.55. The summed E-state index contributed by atoms with van der Waals surface area (Å²) in [5.41, 5.74) is 1.18.